The van der Waals surface area contributed by atoms with Crippen LogP contribution in [0.15, 0.2) is 39.7 Å². The quantitative estimate of drug-likeness (QED) is 0.616. The molecular formula is C19H27N5O5. The zero-order valence-electron chi connectivity index (χ0n) is 16.6. The summed E-state index contributed by atoms with van der Waals surface area (Å²) >= 11 is 0. The Bertz CT molecular complexity index is 922. The number of hydrogen-bond donors (Lipinski definition) is 2. The van der Waals surface area contributed by atoms with Crippen molar-refractivity contribution in [1.82, 2.24) is 24.3 Å². The Morgan fingerprint density at radius 3 is 2.00 bits per heavy atom. The Kier molecular flexibility index (Phi) is 7.52. The molecule has 29 heavy (non-hydrogen) atoms. The molecule has 2 N–H and O–H groups in total. The van der Waals surface area contributed by atoms with Crippen LogP contribution in [0, 0.1) is 5.92 Å². The van der Waals surface area contributed by atoms with Crippen LogP contribution < -0.4 is 27.7 Å². The number of carbonyl (C=O) groups is 2. The van der Waals surface area contributed by atoms with Gasteiger partial charge < -0.3 is 5.32 Å². The van der Waals surface area contributed by atoms with Crippen LogP contribution >= 0.6 is 0 Å². The van der Waals surface area contributed by atoms with E-state index in [0.29, 0.717) is 10.5 Å². The van der Waals surface area contributed by atoms with Gasteiger partial charge in [0.15, 0.2) is 0 Å². The van der Waals surface area contributed by atoms with Crippen LogP contribution in [-0.2, 0) is 24.4 Å². The first kappa shape index (κ1) is 22.1. The second-order valence-corrected chi connectivity index (χ2v) is 7.12. The smallest absolute Gasteiger partial charge is 0.335 e. The molecule has 10 nitrogen and oxygen atoms in total. The Morgan fingerprint density at radius 1 is 0.966 bits per heavy atom. The first-order valence-electron chi connectivity index (χ1n) is 9.56. The molecule has 1 saturated carbocycles. The van der Waals surface area contributed by atoms with E-state index in [0.717, 1.165) is 34.8 Å². The highest BCUT2D eigenvalue weighted by atomic mass is 16.2. The number of nitrogens with zero attached hydrogens (tertiary/aromatic N) is 3. The Labute approximate surface area is 167 Å². The van der Waals surface area contributed by atoms with Gasteiger partial charge in [0.25, 0.3) is 0 Å². The third kappa shape index (κ3) is 5.21. The molecule has 1 aliphatic rings. The number of aromatic nitrogens is 3. The molecule has 0 spiro atoms. The van der Waals surface area contributed by atoms with Crippen molar-refractivity contribution in [3.8, 4) is 0 Å². The fraction of sp³-hybridized carbons (Fsp3) is 0.526. The highest BCUT2D eigenvalue weighted by Crippen LogP contribution is 2.23. The molecule has 0 saturated heterocycles. The van der Waals surface area contributed by atoms with Gasteiger partial charge in [-0.2, -0.15) is 0 Å². The van der Waals surface area contributed by atoms with Gasteiger partial charge in [0.2, 0.25) is 5.91 Å². The SMILES string of the molecule is C=CCn1c(=O)n(CC=C)c(=O)n(CC(=O)NC(=O)N[C@@H]2CCCC[C@@H]2C)c1=O. The lowest BCUT2D eigenvalue weighted by Gasteiger charge is -2.29. The average molecular weight is 405 g/mol. The fourth-order valence-electron chi connectivity index (χ4n) is 3.43. The van der Waals surface area contributed by atoms with Gasteiger partial charge in [0.05, 0.1) is 13.1 Å². The lowest BCUT2D eigenvalue weighted by molar-refractivity contribution is -0.120. The van der Waals surface area contributed by atoms with Gasteiger partial charge in [-0.05, 0) is 18.8 Å². The molecule has 0 bridgehead atoms. The predicted octanol–water partition coefficient (Wildman–Crippen LogP) is -0.0518. The Balaban J connectivity index is 2.20. The molecule has 2 rings (SSSR count). The molecular weight excluding hydrogens is 378 g/mol. The summed E-state index contributed by atoms with van der Waals surface area (Å²) in [5, 5.41) is 4.91. The van der Waals surface area contributed by atoms with Crippen LogP contribution in [0.5, 0.6) is 0 Å². The van der Waals surface area contributed by atoms with Gasteiger partial charge in [-0.15, -0.1) is 13.2 Å². The van der Waals surface area contributed by atoms with Crippen molar-refractivity contribution in [2.24, 2.45) is 5.92 Å². The molecule has 0 aromatic carbocycles. The van der Waals surface area contributed by atoms with E-state index in [4.69, 9.17) is 0 Å². The standard InChI is InChI=1S/C19H27N5O5/c1-4-10-22-17(27)23(11-5-2)19(29)24(18(22)28)12-15(25)21-16(26)20-14-9-7-6-8-13(14)3/h4-5,13-14H,1-2,6-12H2,3H3,(H2,20,21,25,26)/t13-,14+/m0/s1. The van der Waals surface area contributed by atoms with Gasteiger partial charge >= 0.3 is 23.1 Å². The van der Waals surface area contributed by atoms with Crippen LogP contribution in [0.1, 0.15) is 32.6 Å². The maximum atomic E-state index is 12.5. The third-order valence-electron chi connectivity index (χ3n) is 4.99. The normalized spacial score (nSPS) is 18.7. The van der Waals surface area contributed by atoms with Crippen molar-refractivity contribution < 1.29 is 9.59 Å². The molecule has 3 amide bonds. The molecule has 1 aromatic rings. The summed E-state index contributed by atoms with van der Waals surface area (Å²) in [6.45, 7) is 8.05. The van der Waals surface area contributed by atoms with Crippen molar-refractivity contribution in [2.75, 3.05) is 0 Å². The number of carbonyl (C=O) groups excluding carboxylic acids is 2. The lowest BCUT2D eigenvalue weighted by Crippen LogP contribution is -2.56. The molecule has 0 radical (unpaired) electrons. The van der Waals surface area contributed by atoms with Crippen molar-refractivity contribution in [2.45, 2.75) is 58.3 Å². The molecule has 10 heteroatoms. The first-order valence-corrected chi connectivity index (χ1v) is 9.56. The molecule has 2 atom stereocenters. The van der Waals surface area contributed by atoms with Crippen molar-refractivity contribution in [3.05, 3.63) is 56.8 Å². The van der Waals surface area contributed by atoms with Gasteiger partial charge in [0, 0.05) is 6.04 Å². The number of urea groups is 1. The minimum atomic E-state index is -0.948. The van der Waals surface area contributed by atoms with E-state index in [-0.39, 0.29) is 19.1 Å². The minimum Gasteiger partial charge on any atom is -0.335 e. The zero-order chi connectivity index (χ0) is 21.6. The third-order valence-corrected chi connectivity index (χ3v) is 4.99. The van der Waals surface area contributed by atoms with Gasteiger partial charge in [-0.25, -0.2) is 32.9 Å². The highest BCUT2D eigenvalue weighted by molar-refractivity contribution is 5.94. The highest BCUT2D eigenvalue weighted by Gasteiger charge is 2.24. The van der Waals surface area contributed by atoms with Crippen LogP contribution in [0.4, 0.5) is 4.79 Å². The molecule has 0 unspecified atom stereocenters. The van der Waals surface area contributed by atoms with E-state index in [1.54, 1.807) is 0 Å². The van der Waals surface area contributed by atoms with E-state index < -0.39 is 35.6 Å². The summed E-state index contributed by atoms with van der Waals surface area (Å²) < 4.78 is 2.18. The van der Waals surface area contributed by atoms with Gasteiger partial charge in [-0.1, -0.05) is 31.9 Å². The molecule has 1 aliphatic carbocycles. The second kappa shape index (κ2) is 9.85. The molecule has 1 heterocycles. The minimum absolute atomic E-state index is 0.0291. The maximum Gasteiger partial charge on any atom is 0.337 e. The fourth-order valence-corrected chi connectivity index (χ4v) is 3.43. The summed E-state index contributed by atoms with van der Waals surface area (Å²) in [6, 6.07) is -0.703. The maximum absolute atomic E-state index is 12.5. The number of rotatable bonds is 7. The monoisotopic (exact) mass is 405 g/mol. The number of allylic oxidation sites excluding steroid dienone is 2. The average Bonchev–Trinajstić information content (AvgIpc) is 2.67. The van der Waals surface area contributed by atoms with E-state index in [2.05, 4.69) is 23.8 Å². The topological polar surface area (TPSA) is 124 Å². The molecule has 1 aromatic heterocycles. The van der Waals surface area contributed by atoms with E-state index in [9.17, 15) is 24.0 Å². The van der Waals surface area contributed by atoms with E-state index in [1.165, 1.54) is 12.2 Å². The molecule has 0 aliphatic heterocycles. The second-order valence-electron chi connectivity index (χ2n) is 7.12. The van der Waals surface area contributed by atoms with Crippen LogP contribution in [0.25, 0.3) is 0 Å². The van der Waals surface area contributed by atoms with Crippen molar-refractivity contribution in [1.29, 1.82) is 0 Å². The number of nitrogens with one attached hydrogen (secondary N) is 2. The lowest BCUT2D eigenvalue weighted by atomic mass is 9.86. The molecule has 1 fully saturated rings. The predicted molar refractivity (Wildman–Crippen MR) is 108 cm³/mol. The summed E-state index contributed by atoms with van der Waals surface area (Å²) in [6.07, 6.45) is 6.61. The first-order chi connectivity index (χ1) is 13.8. The summed E-state index contributed by atoms with van der Waals surface area (Å²) in [5.41, 5.74) is -2.71. The van der Waals surface area contributed by atoms with Gasteiger partial charge in [0.1, 0.15) is 6.54 Å². The zero-order valence-corrected chi connectivity index (χ0v) is 16.6. The summed E-state index contributed by atoms with van der Waals surface area (Å²) in [7, 11) is 0. The van der Waals surface area contributed by atoms with Crippen molar-refractivity contribution >= 4 is 11.9 Å². The van der Waals surface area contributed by atoms with Crippen LogP contribution in [-0.4, -0.2) is 31.7 Å². The number of hydrogen-bond acceptors (Lipinski definition) is 5. The largest absolute Gasteiger partial charge is 0.337 e. The number of imide groups is 1. The van der Waals surface area contributed by atoms with Crippen molar-refractivity contribution in [3.63, 3.8) is 0 Å². The Morgan fingerprint density at radius 2 is 1.48 bits per heavy atom. The van der Waals surface area contributed by atoms with E-state index >= 15 is 0 Å². The Hall–Kier alpha value is -3.17. The summed E-state index contributed by atoms with van der Waals surface area (Å²) in [5.74, 6) is -0.528. The van der Waals surface area contributed by atoms with Crippen LogP contribution in [0.2, 0.25) is 0 Å². The van der Waals surface area contributed by atoms with E-state index in [1.807, 2.05) is 6.92 Å². The summed E-state index contributed by atoms with van der Waals surface area (Å²) in [4.78, 5) is 61.7. The molecule has 158 valence electrons. The van der Waals surface area contributed by atoms with Gasteiger partial charge in [-0.3, -0.25) is 10.1 Å². The van der Waals surface area contributed by atoms with Crippen LogP contribution in [0.3, 0.4) is 0 Å². The number of amides is 3.